The van der Waals surface area contributed by atoms with Gasteiger partial charge in [0.1, 0.15) is 4.21 Å². The van der Waals surface area contributed by atoms with E-state index in [2.05, 4.69) is 10.6 Å². The van der Waals surface area contributed by atoms with Crippen LogP contribution in [0.1, 0.15) is 38.0 Å². The van der Waals surface area contributed by atoms with Crippen LogP contribution in [0, 0.1) is 5.92 Å². The Morgan fingerprint density at radius 3 is 2.68 bits per heavy atom. The molecule has 1 saturated heterocycles. The minimum Gasteiger partial charge on any atom is -0.351 e. The first kappa shape index (κ1) is 22.4. The summed E-state index contributed by atoms with van der Waals surface area (Å²) in [7, 11) is -3.41. The van der Waals surface area contributed by atoms with Crippen molar-refractivity contribution in [2.24, 2.45) is 5.92 Å². The first-order chi connectivity index (χ1) is 11.5. The molecule has 0 spiro atoms. The smallest absolute Gasteiger partial charge is 0.252 e. The third kappa shape index (κ3) is 6.21. The van der Waals surface area contributed by atoms with E-state index < -0.39 is 10.0 Å². The fourth-order valence-corrected chi connectivity index (χ4v) is 5.76. The molecule has 144 valence electrons. The molecule has 0 bridgehead atoms. The molecule has 9 heteroatoms. The minimum atomic E-state index is -3.41. The van der Waals surface area contributed by atoms with Crippen LogP contribution in [0.2, 0.25) is 0 Å². The number of thiophene rings is 1. The van der Waals surface area contributed by atoms with Gasteiger partial charge in [-0.05, 0) is 44.0 Å². The van der Waals surface area contributed by atoms with Gasteiger partial charge in [-0.15, -0.1) is 23.7 Å². The van der Waals surface area contributed by atoms with E-state index in [1.807, 2.05) is 13.8 Å². The number of halogens is 1. The van der Waals surface area contributed by atoms with E-state index in [1.54, 1.807) is 12.1 Å². The van der Waals surface area contributed by atoms with Crippen molar-refractivity contribution in [2.75, 3.05) is 26.2 Å². The zero-order valence-electron chi connectivity index (χ0n) is 14.8. The lowest BCUT2D eigenvalue weighted by atomic mass is 10.0. The van der Waals surface area contributed by atoms with E-state index >= 15 is 0 Å². The molecule has 2 N–H and O–H groups in total. The van der Waals surface area contributed by atoms with Crippen LogP contribution in [0.15, 0.2) is 16.3 Å². The molecule has 2 rings (SSSR count). The molecule has 0 aliphatic carbocycles. The highest BCUT2D eigenvalue weighted by molar-refractivity contribution is 7.91. The number of nitrogens with zero attached hydrogens (tertiary/aromatic N) is 1. The molecule has 1 aliphatic heterocycles. The van der Waals surface area contributed by atoms with Gasteiger partial charge in [0.15, 0.2) is 0 Å². The molecule has 25 heavy (non-hydrogen) atoms. The molecule has 1 fully saturated rings. The molecule has 1 aliphatic rings. The minimum absolute atomic E-state index is 0. The Kier molecular flexibility index (Phi) is 9.37. The van der Waals surface area contributed by atoms with Crippen LogP contribution in [-0.2, 0) is 21.4 Å². The van der Waals surface area contributed by atoms with Crippen LogP contribution in [0.25, 0.3) is 0 Å². The van der Waals surface area contributed by atoms with Crippen LogP contribution >= 0.6 is 23.7 Å². The van der Waals surface area contributed by atoms with Gasteiger partial charge in [-0.2, -0.15) is 4.31 Å². The molecule has 0 aromatic carbocycles. The summed E-state index contributed by atoms with van der Waals surface area (Å²) < 4.78 is 26.7. The van der Waals surface area contributed by atoms with Gasteiger partial charge in [-0.25, -0.2) is 8.42 Å². The molecule has 2 heterocycles. The predicted molar refractivity (Wildman–Crippen MR) is 104 cm³/mol. The second-order valence-electron chi connectivity index (χ2n) is 5.98. The summed E-state index contributed by atoms with van der Waals surface area (Å²) in [6.45, 7) is 7.01. The van der Waals surface area contributed by atoms with Crippen LogP contribution in [0.3, 0.4) is 0 Å². The average Bonchev–Trinajstić information content (AvgIpc) is 3.23. The lowest BCUT2D eigenvalue weighted by Gasteiger charge is -2.16. The molecule has 0 radical (unpaired) electrons. The van der Waals surface area contributed by atoms with Gasteiger partial charge in [-0.1, -0.05) is 13.8 Å². The van der Waals surface area contributed by atoms with Crippen molar-refractivity contribution in [2.45, 2.75) is 43.9 Å². The number of hydrogen-bond donors (Lipinski definition) is 2. The number of carbonyl (C=O) groups is 1. The quantitative estimate of drug-likeness (QED) is 0.655. The van der Waals surface area contributed by atoms with Gasteiger partial charge in [0, 0.05) is 24.4 Å². The number of rotatable bonds is 9. The normalized spacial score (nSPS) is 17.5. The first-order valence-corrected chi connectivity index (χ1v) is 10.8. The maximum absolute atomic E-state index is 12.4. The average molecular weight is 410 g/mol. The summed E-state index contributed by atoms with van der Waals surface area (Å²) in [5, 5.41) is 6.19. The highest BCUT2D eigenvalue weighted by Gasteiger charge is 2.23. The van der Waals surface area contributed by atoms with Crippen LogP contribution in [0.5, 0.6) is 0 Å². The molecule has 0 saturated carbocycles. The molecule has 1 unspecified atom stereocenters. The highest BCUT2D eigenvalue weighted by Crippen LogP contribution is 2.25. The Bertz CT molecular complexity index is 639. The largest absolute Gasteiger partial charge is 0.351 e. The Morgan fingerprint density at radius 2 is 2.08 bits per heavy atom. The van der Waals surface area contributed by atoms with Crippen molar-refractivity contribution in [3.05, 3.63) is 17.0 Å². The number of hydrogen-bond acceptors (Lipinski definition) is 5. The summed E-state index contributed by atoms with van der Waals surface area (Å²) in [5.74, 6) is 0.631. The topological polar surface area (TPSA) is 78.5 Å². The molecule has 6 nitrogen and oxygen atoms in total. The van der Waals surface area contributed by atoms with E-state index in [1.165, 1.54) is 15.6 Å². The second-order valence-corrected chi connectivity index (χ2v) is 9.32. The lowest BCUT2D eigenvalue weighted by molar-refractivity contribution is -0.121. The van der Waals surface area contributed by atoms with Gasteiger partial charge in [0.25, 0.3) is 10.0 Å². The van der Waals surface area contributed by atoms with E-state index in [4.69, 9.17) is 0 Å². The van der Waals surface area contributed by atoms with E-state index in [-0.39, 0.29) is 18.3 Å². The molecule has 1 aromatic heterocycles. The summed E-state index contributed by atoms with van der Waals surface area (Å²) in [5.41, 5.74) is 0. The van der Waals surface area contributed by atoms with Crippen molar-refractivity contribution in [1.29, 1.82) is 0 Å². The van der Waals surface area contributed by atoms with Gasteiger partial charge in [-0.3, -0.25) is 4.79 Å². The van der Waals surface area contributed by atoms with Crippen molar-refractivity contribution >= 4 is 39.7 Å². The number of sulfonamides is 1. The van der Waals surface area contributed by atoms with Crippen LogP contribution < -0.4 is 10.6 Å². The Morgan fingerprint density at radius 1 is 1.36 bits per heavy atom. The Hall–Kier alpha value is -0.670. The van der Waals surface area contributed by atoms with E-state index in [0.29, 0.717) is 36.2 Å². The zero-order valence-corrected chi connectivity index (χ0v) is 17.2. The van der Waals surface area contributed by atoms with Gasteiger partial charge in [0.05, 0.1) is 6.54 Å². The van der Waals surface area contributed by atoms with E-state index in [0.717, 1.165) is 30.8 Å². The Balaban J connectivity index is 0.00000312. The fraction of sp³-hybridized carbons (Fsp3) is 0.688. The monoisotopic (exact) mass is 409 g/mol. The van der Waals surface area contributed by atoms with Crippen LogP contribution in [-0.4, -0.2) is 44.8 Å². The zero-order chi connectivity index (χ0) is 17.6. The van der Waals surface area contributed by atoms with Gasteiger partial charge in [0.2, 0.25) is 5.91 Å². The number of amides is 1. The maximum Gasteiger partial charge on any atom is 0.252 e. The van der Waals surface area contributed by atoms with Crippen LogP contribution in [0.4, 0.5) is 0 Å². The highest BCUT2D eigenvalue weighted by atomic mass is 35.5. The SMILES string of the molecule is CCN(CC)S(=O)(=O)c1ccc(CNC(=O)CCC2CCNC2)s1.Cl. The molecule has 1 atom stereocenters. The molecule has 1 aromatic rings. The lowest BCUT2D eigenvalue weighted by Crippen LogP contribution is -2.30. The second kappa shape index (κ2) is 10.5. The summed E-state index contributed by atoms with van der Waals surface area (Å²) in [6.07, 6.45) is 2.58. The fourth-order valence-electron chi connectivity index (χ4n) is 2.85. The Labute approximate surface area is 160 Å². The summed E-state index contributed by atoms with van der Waals surface area (Å²) in [4.78, 5) is 12.8. The van der Waals surface area contributed by atoms with Crippen molar-refractivity contribution in [3.63, 3.8) is 0 Å². The number of nitrogens with one attached hydrogen (secondary N) is 2. The van der Waals surface area contributed by atoms with Crippen molar-refractivity contribution in [3.8, 4) is 0 Å². The van der Waals surface area contributed by atoms with Crippen molar-refractivity contribution < 1.29 is 13.2 Å². The predicted octanol–water partition coefficient (Wildman–Crippen LogP) is 2.21. The number of carbonyl (C=O) groups excluding carboxylic acids is 1. The van der Waals surface area contributed by atoms with Gasteiger partial charge >= 0.3 is 0 Å². The first-order valence-electron chi connectivity index (χ1n) is 8.53. The van der Waals surface area contributed by atoms with E-state index in [9.17, 15) is 13.2 Å². The molecular formula is C16H28ClN3O3S2. The van der Waals surface area contributed by atoms with Crippen molar-refractivity contribution in [1.82, 2.24) is 14.9 Å². The summed E-state index contributed by atoms with van der Waals surface area (Å²) in [6, 6.07) is 3.41. The van der Waals surface area contributed by atoms with Gasteiger partial charge < -0.3 is 10.6 Å². The third-order valence-electron chi connectivity index (χ3n) is 4.34. The molecule has 1 amide bonds. The standard InChI is InChI=1S/C16H27N3O3S2.ClH/c1-3-19(4-2)24(21,22)16-8-6-14(23-16)12-18-15(20)7-5-13-9-10-17-11-13;/h6,8,13,17H,3-5,7,9-12H2,1-2H3,(H,18,20);1H. The molecular weight excluding hydrogens is 382 g/mol. The summed E-state index contributed by atoms with van der Waals surface area (Å²) >= 11 is 1.23. The maximum atomic E-state index is 12.4. The third-order valence-corrected chi connectivity index (χ3v) is 7.94.